The summed E-state index contributed by atoms with van der Waals surface area (Å²) in [7, 11) is 0. The maximum atomic E-state index is 6.50. The van der Waals surface area contributed by atoms with Gasteiger partial charge < -0.3 is 10.1 Å². The van der Waals surface area contributed by atoms with Crippen molar-refractivity contribution in [3.05, 3.63) is 69.7 Å². The van der Waals surface area contributed by atoms with E-state index in [1.807, 2.05) is 31.2 Å². The summed E-state index contributed by atoms with van der Waals surface area (Å²) in [5.41, 5.74) is 3.25. The third kappa shape index (κ3) is 2.49. The fraction of sp³-hybridized carbons (Fsp3) is 0.300. The average molecular weight is 360 g/mol. The Morgan fingerprint density at radius 1 is 1.12 bits per heavy atom. The lowest BCUT2D eigenvalue weighted by molar-refractivity contribution is 0.327. The normalized spacial score (nSPS) is 24.2. The van der Waals surface area contributed by atoms with Crippen LogP contribution in [-0.2, 0) is 0 Å². The van der Waals surface area contributed by atoms with Crippen molar-refractivity contribution in [3.63, 3.8) is 0 Å². The molecule has 2 aliphatic rings. The number of nitrogens with one attached hydrogen (secondary N) is 1. The fourth-order valence-electron chi connectivity index (χ4n) is 3.96. The molecule has 0 fully saturated rings. The summed E-state index contributed by atoms with van der Waals surface area (Å²) in [5.74, 6) is 1.63. The fourth-order valence-corrected chi connectivity index (χ4v) is 4.46. The molecule has 3 atom stereocenters. The molecule has 4 heteroatoms. The van der Waals surface area contributed by atoms with Crippen LogP contribution in [0.4, 0.5) is 5.69 Å². The van der Waals surface area contributed by atoms with Gasteiger partial charge in [0.05, 0.1) is 23.4 Å². The largest absolute Gasteiger partial charge is 0.494 e. The molecule has 2 aromatic carbocycles. The monoisotopic (exact) mass is 359 g/mol. The van der Waals surface area contributed by atoms with Crippen molar-refractivity contribution in [2.24, 2.45) is 5.92 Å². The lowest BCUT2D eigenvalue weighted by Crippen LogP contribution is -2.29. The van der Waals surface area contributed by atoms with E-state index < -0.39 is 0 Å². The molecule has 1 heterocycles. The molecule has 1 aliphatic heterocycles. The van der Waals surface area contributed by atoms with Gasteiger partial charge in [0.15, 0.2) is 0 Å². The number of anilines is 1. The molecule has 0 aromatic heterocycles. The predicted octanol–water partition coefficient (Wildman–Crippen LogP) is 6.22. The molecule has 0 amide bonds. The van der Waals surface area contributed by atoms with E-state index in [-0.39, 0.29) is 12.0 Å². The molecule has 0 radical (unpaired) electrons. The minimum atomic E-state index is 0.149. The minimum absolute atomic E-state index is 0.149. The van der Waals surface area contributed by atoms with E-state index in [1.54, 1.807) is 0 Å². The van der Waals surface area contributed by atoms with Crippen LogP contribution >= 0.6 is 23.2 Å². The number of benzene rings is 2. The maximum absolute atomic E-state index is 6.50. The SMILES string of the molecule is CCOc1ccccc1C1Nc2c(Cl)ccc(Cl)c2C2C=CCC21. The number of halogens is 2. The van der Waals surface area contributed by atoms with Gasteiger partial charge in [-0.3, -0.25) is 0 Å². The summed E-state index contributed by atoms with van der Waals surface area (Å²) in [4.78, 5) is 0. The zero-order chi connectivity index (χ0) is 16.7. The minimum Gasteiger partial charge on any atom is -0.494 e. The van der Waals surface area contributed by atoms with Crippen LogP contribution in [-0.4, -0.2) is 6.61 Å². The zero-order valence-electron chi connectivity index (χ0n) is 13.4. The molecule has 0 saturated heterocycles. The smallest absolute Gasteiger partial charge is 0.124 e. The number of fused-ring (bicyclic) bond motifs is 3. The molecule has 4 rings (SSSR count). The van der Waals surface area contributed by atoms with Crippen LogP contribution < -0.4 is 10.1 Å². The van der Waals surface area contributed by atoms with Crippen LogP contribution in [0.25, 0.3) is 0 Å². The summed E-state index contributed by atoms with van der Waals surface area (Å²) in [6.45, 7) is 2.66. The first-order valence-corrected chi connectivity index (χ1v) is 9.09. The Labute approximate surface area is 152 Å². The Hall–Kier alpha value is -1.64. The number of ether oxygens (including phenoxy) is 1. The maximum Gasteiger partial charge on any atom is 0.124 e. The molecule has 124 valence electrons. The number of hydrogen-bond donors (Lipinski definition) is 1. The number of allylic oxidation sites excluding steroid dienone is 2. The first-order valence-electron chi connectivity index (χ1n) is 8.33. The first kappa shape index (κ1) is 15.9. The lowest BCUT2D eigenvalue weighted by Gasteiger charge is -2.38. The Bertz CT molecular complexity index is 802. The second-order valence-electron chi connectivity index (χ2n) is 6.26. The summed E-state index contributed by atoms with van der Waals surface area (Å²) in [6, 6.07) is 12.2. The van der Waals surface area contributed by atoms with E-state index in [0.29, 0.717) is 17.5 Å². The van der Waals surface area contributed by atoms with Crippen molar-refractivity contribution in [2.45, 2.75) is 25.3 Å². The highest BCUT2D eigenvalue weighted by Crippen LogP contribution is 2.54. The van der Waals surface area contributed by atoms with E-state index in [1.165, 1.54) is 5.56 Å². The van der Waals surface area contributed by atoms with Crippen molar-refractivity contribution in [1.29, 1.82) is 0 Å². The highest BCUT2D eigenvalue weighted by atomic mass is 35.5. The van der Waals surface area contributed by atoms with Gasteiger partial charge in [0.1, 0.15) is 5.75 Å². The van der Waals surface area contributed by atoms with Crippen LogP contribution in [0.1, 0.15) is 36.4 Å². The highest BCUT2D eigenvalue weighted by molar-refractivity contribution is 6.36. The Morgan fingerprint density at radius 3 is 2.75 bits per heavy atom. The van der Waals surface area contributed by atoms with Crippen molar-refractivity contribution in [2.75, 3.05) is 11.9 Å². The number of rotatable bonds is 3. The standard InChI is InChI=1S/C20H19Cl2NO/c1-2-24-17-9-4-3-6-14(17)19-13-8-5-7-12(13)18-15(21)10-11-16(22)20(18)23-19/h3-7,9-13,19,23H,2,8H2,1H3. The van der Waals surface area contributed by atoms with Gasteiger partial charge in [0.2, 0.25) is 0 Å². The van der Waals surface area contributed by atoms with Crippen LogP contribution in [0.2, 0.25) is 10.0 Å². The van der Waals surface area contributed by atoms with Crippen LogP contribution in [0, 0.1) is 5.92 Å². The molecule has 3 unspecified atom stereocenters. The van der Waals surface area contributed by atoms with Gasteiger partial charge in [-0.05, 0) is 37.5 Å². The molecular weight excluding hydrogens is 341 g/mol. The molecule has 2 nitrogen and oxygen atoms in total. The number of para-hydroxylation sites is 1. The quantitative estimate of drug-likeness (QED) is 0.656. The van der Waals surface area contributed by atoms with E-state index in [4.69, 9.17) is 27.9 Å². The molecule has 0 saturated carbocycles. The lowest BCUT2D eigenvalue weighted by atomic mass is 9.77. The molecule has 24 heavy (non-hydrogen) atoms. The van der Waals surface area contributed by atoms with E-state index in [9.17, 15) is 0 Å². The van der Waals surface area contributed by atoms with E-state index in [0.717, 1.165) is 28.4 Å². The first-order chi connectivity index (χ1) is 11.7. The van der Waals surface area contributed by atoms with Crippen molar-refractivity contribution in [1.82, 2.24) is 0 Å². The second kappa shape index (κ2) is 6.34. The van der Waals surface area contributed by atoms with Gasteiger partial charge in [-0.25, -0.2) is 0 Å². The van der Waals surface area contributed by atoms with Gasteiger partial charge >= 0.3 is 0 Å². The Morgan fingerprint density at radius 2 is 1.92 bits per heavy atom. The second-order valence-corrected chi connectivity index (χ2v) is 7.08. The zero-order valence-corrected chi connectivity index (χ0v) is 14.9. The van der Waals surface area contributed by atoms with E-state index in [2.05, 4.69) is 29.6 Å². The van der Waals surface area contributed by atoms with Crippen molar-refractivity contribution < 1.29 is 4.74 Å². The summed E-state index contributed by atoms with van der Waals surface area (Å²) in [5, 5.41) is 5.15. The van der Waals surface area contributed by atoms with Gasteiger partial charge in [0.25, 0.3) is 0 Å². The Kier molecular flexibility index (Phi) is 4.19. The summed E-state index contributed by atoms with van der Waals surface area (Å²) in [6.07, 6.45) is 5.54. The molecule has 1 aliphatic carbocycles. The number of hydrogen-bond acceptors (Lipinski definition) is 2. The summed E-state index contributed by atoms with van der Waals surface area (Å²) >= 11 is 13.0. The van der Waals surface area contributed by atoms with Gasteiger partial charge in [-0.15, -0.1) is 0 Å². The molecule has 0 bridgehead atoms. The van der Waals surface area contributed by atoms with Gasteiger partial charge in [-0.1, -0.05) is 53.6 Å². The molecule has 2 aromatic rings. The molecular formula is C20H19Cl2NO. The predicted molar refractivity (Wildman–Crippen MR) is 100 cm³/mol. The highest BCUT2D eigenvalue weighted by Gasteiger charge is 2.40. The third-order valence-electron chi connectivity index (χ3n) is 4.97. The van der Waals surface area contributed by atoms with E-state index >= 15 is 0 Å². The van der Waals surface area contributed by atoms with Crippen LogP contribution in [0.3, 0.4) is 0 Å². The van der Waals surface area contributed by atoms with Gasteiger partial charge in [-0.2, -0.15) is 0 Å². The van der Waals surface area contributed by atoms with Crippen LogP contribution in [0.15, 0.2) is 48.6 Å². The average Bonchev–Trinajstić information content (AvgIpc) is 3.08. The third-order valence-corrected chi connectivity index (χ3v) is 5.61. The van der Waals surface area contributed by atoms with Crippen molar-refractivity contribution >= 4 is 28.9 Å². The van der Waals surface area contributed by atoms with Crippen molar-refractivity contribution in [3.8, 4) is 5.75 Å². The van der Waals surface area contributed by atoms with Gasteiger partial charge in [0, 0.05) is 22.1 Å². The molecule has 1 N–H and O–H groups in total. The summed E-state index contributed by atoms with van der Waals surface area (Å²) < 4.78 is 5.86. The molecule has 0 spiro atoms. The van der Waals surface area contributed by atoms with Crippen LogP contribution in [0.5, 0.6) is 5.75 Å². The Balaban J connectivity index is 1.83. The topological polar surface area (TPSA) is 21.3 Å².